The minimum absolute atomic E-state index is 0.0260. The maximum atomic E-state index is 11.6. The summed E-state index contributed by atoms with van der Waals surface area (Å²) < 4.78 is 5.41. The van der Waals surface area contributed by atoms with Crippen molar-refractivity contribution in [3.8, 4) is 5.75 Å². The molecule has 2 amide bonds. The highest BCUT2D eigenvalue weighted by molar-refractivity contribution is 5.74. The van der Waals surface area contributed by atoms with Gasteiger partial charge < -0.3 is 20.5 Å². The fourth-order valence-electron chi connectivity index (χ4n) is 1.86. The molecule has 2 rings (SSSR count). The predicted octanol–water partition coefficient (Wildman–Crippen LogP) is 1.27. The molecule has 0 bridgehead atoms. The summed E-state index contributed by atoms with van der Waals surface area (Å²) in [4.78, 5) is 11.6. The summed E-state index contributed by atoms with van der Waals surface area (Å²) in [6.07, 6.45) is 1.06. The number of aliphatic hydroxyl groups excluding tert-OH is 1. The highest BCUT2D eigenvalue weighted by Gasteiger charge is 2.33. The third-order valence-electron chi connectivity index (χ3n) is 3.19. The Balaban J connectivity index is 1.82. The molecule has 1 aromatic carbocycles. The summed E-state index contributed by atoms with van der Waals surface area (Å²) in [5, 5.41) is 14.5. The largest absolute Gasteiger partial charge is 0.491 e. The second-order valence-electron chi connectivity index (χ2n) is 4.83. The van der Waals surface area contributed by atoms with Crippen LogP contribution in [0.1, 0.15) is 18.9 Å². The zero-order chi connectivity index (χ0) is 13.7. The van der Waals surface area contributed by atoms with Crippen molar-refractivity contribution in [2.24, 2.45) is 5.92 Å². The molecule has 0 unspecified atom stereocenters. The number of nitrogens with one attached hydrogen (secondary N) is 2. The molecule has 1 aliphatic rings. The predicted molar refractivity (Wildman–Crippen MR) is 72.0 cm³/mol. The van der Waals surface area contributed by atoms with Gasteiger partial charge in [0.15, 0.2) is 0 Å². The molecule has 2 atom stereocenters. The minimum Gasteiger partial charge on any atom is -0.491 e. The Hall–Kier alpha value is -1.75. The van der Waals surface area contributed by atoms with Crippen molar-refractivity contribution in [1.29, 1.82) is 0 Å². The Morgan fingerprint density at radius 2 is 2.21 bits per heavy atom. The SMILES string of the molecule is C[C@H]1C[C@H]1NC(=O)NCc1ccccc1OCCO. The molecule has 0 saturated heterocycles. The smallest absolute Gasteiger partial charge is 0.315 e. The van der Waals surface area contributed by atoms with E-state index in [1.807, 2.05) is 24.3 Å². The van der Waals surface area contributed by atoms with Gasteiger partial charge >= 0.3 is 6.03 Å². The number of urea groups is 1. The molecular weight excluding hydrogens is 244 g/mol. The number of aliphatic hydroxyl groups is 1. The normalized spacial score (nSPS) is 20.7. The molecule has 0 spiro atoms. The Morgan fingerprint density at radius 1 is 1.47 bits per heavy atom. The number of amides is 2. The summed E-state index contributed by atoms with van der Waals surface area (Å²) in [5.41, 5.74) is 0.898. The number of benzene rings is 1. The number of carbonyl (C=O) groups excluding carboxylic acids is 1. The van der Waals surface area contributed by atoms with Gasteiger partial charge in [0.05, 0.1) is 6.61 Å². The van der Waals surface area contributed by atoms with Crippen molar-refractivity contribution in [3.63, 3.8) is 0 Å². The second-order valence-corrected chi connectivity index (χ2v) is 4.83. The van der Waals surface area contributed by atoms with E-state index in [4.69, 9.17) is 9.84 Å². The molecule has 0 aliphatic heterocycles. The van der Waals surface area contributed by atoms with Gasteiger partial charge in [-0.3, -0.25) is 0 Å². The van der Waals surface area contributed by atoms with Crippen molar-refractivity contribution in [2.75, 3.05) is 13.2 Å². The molecule has 0 aromatic heterocycles. The Bertz CT molecular complexity index is 436. The van der Waals surface area contributed by atoms with E-state index in [-0.39, 0.29) is 19.2 Å². The van der Waals surface area contributed by atoms with E-state index in [1.54, 1.807) is 0 Å². The van der Waals surface area contributed by atoms with Crippen LogP contribution in [0.3, 0.4) is 0 Å². The highest BCUT2D eigenvalue weighted by Crippen LogP contribution is 2.28. The number of carbonyl (C=O) groups is 1. The van der Waals surface area contributed by atoms with Gasteiger partial charge in [-0.25, -0.2) is 4.79 Å². The minimum atomic E-state index is -0.147. The van der Waals surface area contributed by atoms with E-state index >= 15 is 0 Å². The topological polar surface area (TPSA) is 70.6 Å². The van der Waals surface area contributed by atoms with Crippen molar-refractivity contribution >= 4 is 6.03 Å². The Morgan fingerprint density at radius 3 is 2.89 bits per heavy atom. The summed E-state index contributed by atoms with van der Waals surface area (Å²) >= 11 is 0. The molecule has 5 nitrogen and oxygen atoms in total. The first-order valence-electron chi connectivity index (χ1n) is 6.56. The number of rotatable bonds is 6. The third-order valence-corrected chi connectivity index (χ3v) is 3.19. The molecule has 5 heteroatoms. The molecular formula is C14H20N2O3. The van der Waals surface area contributed by atoms with Crippen molar-refractivity contribution < 1.29 is 14.6 Å². The third kappa shape index (κ3) is 4.13. The van der Waals surface area contributed by atoms with Gasteiger partial charge in [-0.1, -0.05) is 25.1 Å². The van der Waals surface area contributed by atoms with Crippen LogP contribution in [-0.2, 0) is 6.54 Å². The van der Waals surface area contributed by atoms with E-state index in [1.165, 1.54) is 0 Å². The van der Waals surface area contributed by atoms with Crippen LogP contribution < -0.4 is 15.4 Å². The average molecular weight is 264 g/mol. The zero-order valence-corrected chi connectivity index (χ0v) is 11.1. The van der Waals surface area contributed by atoms with Gasteiger partial charge in [0.1, 0.15) is 12.4 Å². The maximum Gasteiger partial charge on any atom is 0.315 e. The van der Waals surface area contributed by atoms with Crippen LogP contribution in [0, 0.1) is 5.92 Å². The lowest BCUT2D eigenvalue weighted by Crippen LogP contribution is -2.37. The molecule has 1 fully saturated rings. The van der Waals surface area contributed by atoms with Crippen LogP contribution in [-0.4, -0.2) is 30.4 Å². The van der Waals surface area contributed by atoms with Gasteiger partial charge in [-0.15, -0.1) is 0 Å². The number of ether oxygens (including phenoxy) is 1. The summed E-state index contributed by atoms with van der Waals surface area (Å²) in [6.45, 7) is 2.75. The van der Waals surface area contributed by atoms with Crippen LogP contribution in [0.25, 0.3) is 0 Å². The quantitative estimate of drug-likeness (QED) is 0.724. The van der Waals surface area contributed by atoms with E-state index in [9.17, 15) is 4.79 Å². The monoisotopic (exact) mass is 264 g/mol. The summed E-state index contributed by atoms with van der Waals surface area (Å²) in [5.74, 6) is 1.28. The van der Waals surface area contributed by atoms with Crippen molar-refractivity contribution in [3.05, 3.63) is 29.8 Å². The first kappa shape index (κ1) is 13.7. The molecule has 1 aliphatic carbocycles. The van der Waals surface area contributed by atoms with Crippen LogP contribution >= 0.6 is 0 Å². The fourth-order valence-corrected chi connectivity index (χ4v) is 1.86. The van der Waals surface area contributed by atoms with E-state index in [2.05, 4.69) is 17.6 Å². The fraction of sp³-hybridized carbons (Fsp3) is 0.500. The van der Waals surface area contributed by atoms with Gasteiger partial charge in [-0.05, 0) is 18.4 Å². The standard InChI is InChI=1S/C14H20N2O3/c1-10-8-12(10)16-14(18)15-9-11-4-2-3-5-13(11)19-7-6-17/h2-5,10,12,17H,6-9H2,1H3,(H2,15,16,18)/t10-,12+/m0/s1. The van der Waals surface area contributed by atoms with Crippen LogP contribution in [0.2, 0.25) is 0 Å². The first-order valence-corrected chi connectivity index (χ1v) is 6.56. The number of hydrogen-bond donors (Lipinski definition) is 3. The lowest BCUT2D eigenvalue weighted by atomic mass is 10.2. The van der Waals surface area contributed by atoms with Crippen LogP contribution in [0.5, 0.6) is 5.75 Å². The average Bonchev–Trinajstić information content (AvgIpc) is 3.10. The van der Waals surface area contributed by atoms with Crippen LogP contribution in [0.4, 0.5) is 4.79 Å². The van der Waals surface area contributed by atoms with Gasteiger partial charge in [0, 0.05) is 18.2 Å². The summed E-state index contributed by atoms with van der Waals surface area (Å²) in [7, 11) is 0. The molecule has 104 valence electrons. The molecule has 1 saturated carbocycles. The molecule has 3 N–H and O–H groups in total. The lowest BCUT2D eigenvalue weighted by molar-refractivity contribution is 0.200. The Kier molecular flexibility index (Phi) is 4.63. The van der Waals surface area contributed by atoms with E-state index in [0.717, 1.165) is 12.0 Å². The maximum absolute atomic E-state index is 11.6. The molecule has 19 heavy (non-hydrogen) atoms. The van der Waals surface area contributed by atoms with E-state index in [0.29, 0.717) is 24.3 Å². The number of para-hydroxylation sites is 1. The zero-order valence-electron chi connectivity index (χ0n) is 11.1. The lowest BCUT2D eigenvalue weighted by Gasteiger charge is -2.12. The van der Waals surface area contributed by atoms with Crippen LogP contribution in [0.15, 0.2) is 24.3 Å². The molecule has 0 heterocycles. The highest BCUT2D eigenvalue weighted by atomic mass is 16.5. The van der Waals surface area contributed by atoms with E-state index < -0.39 is 0 Å². The number of hydrogen-bond acceptors (Lipinski definition) is 3. The first-order chi connectivity index (χ1) is 9.20. The van der Waals surface area contributed by atoms with Crippen molar-refractivity contribution in [1.82, 2.24) is 10.6 Å². The molecule has 1 aromatic rings. The Labute approximate surface area is 113 Å². The summed E-state index contributed by atoms with van der Waals surface area (Å²) in [6, 6.07) is 7.65. The second kappa shape index (κ2) is 6.43. The van der Waals surface area contributed by atoms with Gasteiger partial charge in [0.25, 0.3) is 0 Å². The molecule has 0 radical (unpaired) electrons. The van der Waals surface area contributed by atoms with Gasteiger partial charge in [-0.2, -0.15) is 0 Å². The van der Waals surface area contributed by atoms with Gasteiger partial charge in [0.2, 0.25) is 0 Å². The van der Waals surface area contributed by atoms with Crippen molar-refractivity contribution in [2.45, 2.75) is 25.9 Å².